The van der Waals surface area contributed by atoms with E-state index in [0.29, 0.717) is 16.8 Å². The summed E-state index contributed by atoms with van der Waals surface area (Å²) in [6, 6.07) is 21.9. The molecule has 3 aromatic carbocycles. The standard InChI is InChI=1S/C23H13ClN2O2/c24-19-21(23(28)14-8-2-1-7-13(14)22(19)27)26-20-15-9-3-5-11-17(15)25-18-12-6-4-10-16(18)20/h1-12,19H. The Bertz CT molecular complexity index is 1270. The molecular formula is C23H13ClN2O2. The summed E-state index contributed by atoms with van der Waals surface area (Å²) < 4.78 is 0. The van der Waals surface area contributed by atoms with Gasteiger partial charge in [0.2, 0.25) is 5.78 Å². The van der Waals surface area contributed by atoms with Gasteiger partial charge >= 0.3 is 0 Å². The van der Waals surface area contributed by atoms with Crippen LogP contribution in [-0.2, 0) is 0 Å². The Morgan fingerprint density at radius 3 is 1.93 bits per heavy atom. The normalized spacial score (nSPS) is 18.0. The zero-order chi connectivity index (χ0) is 19.3. The van der Waals surface area contributed by atoms with Crippen LogP contribution in [0.25, 0.3) is 21.8 Å². The Hall–Kier alpha value is -3.37. The Morgan fingerprint density at radius 2 is 1.29 bits per heavy atom. The van der Waals surface area contributed by atoms with Gasteiger partial charge in [-0.05, 0) is 12.1 Å². The number of carbonyl (C=O) groups is 2. The van der Waals surface area contributed by atoms with Gasteiger partial charge in [0.1, 0.15) is 11.1 Å². The van der Waals surface area contributed by atoms with Crippen molar-refractivity contribution in [3.05, 3.63) is 83.9 Å². The number of alkyl halides is 1. The second-order valence-electron chi connectivity index (χ2n) is 6.59. The molecule has 0 N–H and O–H groups in total. The third-order valence-corrected chi connectivity index (χ3v) is 5.34. The highest BCUT2D eigenvalue weighted by Crippen LogP contribution is 2.35. The van der Waals surface area contributed by atoms with E-state index in [-0.39, 0.29) is 17.3 Å². The molecule has 0 saturated heterocycles. The molecule has 4 nitrogen and oxygen atoms in total. The fourth-order valence-electron chi connectivity index (χ4n) is 3.58. The monoisotopic (exact) mass is 384 g/mol. The first-order chi connectivity index (χ1) is 13.6. The van der Waals surface area contributed by atoms with E-state index in [1.165, 1.54) is 0 Å². The smallest absolute Gasteiger partial charge is 0.209 e. The van der Waals surface area contributed by atoms with E-state index >= 15 is 0 Å². The van der Waals surface area contributed by atoms with Crippen LogP contribution in [0.3, 0.4) is 0 Å². The molecule has 0 radical (unpaired) electrons. The molecule has 5 rings (SSSR count). The lowest BCUT2D eigenvalue weighted by atomic mass is 9.87. The molecule has 0 saturated carbocycles. The predicted molar refractivity (Wildman–Crippen MR) is 111 cm³/mol. The van der Waals surface area contributed by atoms with Crippen LogP contribution in [0.5, 0.6) is 0 Å². The molecule has 1 atom stereocenters. The van der Waals surface area contributed by atoms with Crippen molar-refractivity contribution in [2.24, 2.45) is 4.99 Å². The molecule has 0 fully saturated rings. The number of carbonyl (C=O) groups excluding carboxylic acids is 2. The minimum atomic E-state index is -1.12. The molecule has 1 aliphatic rings. The lowest BCUT2D eigenvalue weighted by Crippen LogP contribution is -2.37. The van der Waals surface area contributed by atoms with Gasteiger partial charge in [-0.2, -0.15) is 0 Å². The fourth-order valence-corrected chi connectivity index (χ4v) is 3.84. The first-order valence-corrected chi connectivity index (χ1v) is 9.27. The average Bonchev–Trinajstić information content (AvgIpc) is 2.74. The second kappa shape index (κ2) is 6.36. The van der Waals surface area contributed by atoms with Crippen LogP contribution in [-0.4, -0.2) is 27.6 Å². The first kappa shape index (κ1) is 16.8. The summed E-state index contributed by atoms with van der Waals surface area (Å²) in [6.45, 7) is 0. The van der Waals surface area contributed by atoms with Gasteiger partial charge in [-0.1, -0.05) is 60.7 Å². The van der Waals surface area contributed by atoms with Crippen molar-refractivity contribution in [3.8, 4) is 0 Å². The number of hydrogen-bond donors (Lipinski definition) is 0. The number of aliphatic imine (C=N–C) groups is 1. The van der Waals surface area contributed by atoms with Crippen LogP contribution in [0, 0.1) is 0 Å². The van der Waals surface area contributed by atoms with Crippen molar-refractivity contribution in [2.75, 3.05) is 0 Å². The maximum absolute atomic E-state index is 13.1. The summed E-state index contributed by atoms with van der Waals surface area (Å²) in [6.07, 6.45) is 0. The molecule has 1 aromatic heterocycles. The minimum Gasteiger partial charge on any atom is -0.292 e. The van der Waals surface area contributed by atoms with E-state index < -0.39 is 5.38 Å². The van der Waals surface area contributed by atoms with Crippen LogP contribution in [0.4, 0.5) is 5.69 Å². The molecule has 28 heavy (non-hydrogen) atoms. The lowest BCUT2D eigenvalue weighted by molar-refractivity contribution is 0.0968. The number of pyridine rings is 1. The topological polar surface area (TPSA) is 59.4 Å². The Morgan fingerprint density at radius 1 is 0.750 bits per heavy atom. The summed E-state index contributed by atoms with van der Waals surface area (Å²) in [5, 5.41) is 0.487. The minimum absolute atomic E-state index is 0.0480. The first-order valence-electron chi connectivity index (χ1n) is 8.83. The Kier molecular flexibility index (Phi) is 3.81. The van der Waals surface area contributed by atoms with Gasteiger partial charge < -0.3 is 0 Å². The van der Waals surface area contributed by atoms with E-state index in [4.69, 9.17) is 11.6 Å². The third kappa shape index (κ3) is 2.46. The molecule has 134 valence electrons. The molecule has 0 aliphatic heterocycles. The summed E-state index contributed by atoms with van der Waals surface area (Å²) in [7, 11) is 0. The molecule has 0 amide bonds. The van der Waals surface area contributed by atoms with E-state index in [1.807, 2.05) is 48.5 Å². The van der Waals surface area contributed by atoms with Crippen molar-refractivity contribution < 1.29 is 9.59 Å². The SMILES string of the molecule is O=C1C(=Nc2c3ccccc3nc3ccccc23)C(Cl)C(=O)c2ccccc21. The number of fused-ring (bicyclic) bond motifs is 3. The molecule has 1 aliphatic carbocycles. The molecule has 5 heteroatoms. The van der Waals surface area contributed by atoms with Gasteiger partial charge in [-0.25, -0.2) is 9.98 Å². The van der Waals surface area contributed by atoms with Crippen LogP contribution in [0.15, 0.2) is 77.8 Å². The maximum Gasteiger partial charge on any atom is 0.209 e. The van der Waals surface area contributed by atoms with Gasteiger partial charge in [-0.3, -0.25) is 9.59 Å². The van der Waals surface area contributed by atoms with E-state index in [0.717, 1.165) is 21.8 Å². The fraction of sp³-hybridized carbons (Fsp3) is 0.0435. The number of hydrogen-bond acceptors (Lipinski definition) is 4. The van der Waals surface area contributed by atoms with Gasteiger partial charge in [-0.15, -0.1) is 11.6 Å². The largest absolute Gasteiger partial charge is 0.292 e. The number of para-hydroxylation sites is 2. The number of aromatic nitrogens is 1. The van der Waals surface area contributed by atoms with Crippen molar-refractivity contribution in [1.29, 1.82) is 0 Å². The highest BCUT2D eigenvalue weighted by molar-refractivity contribution is 6.65. The molecule has 0 bridgehead atoms. The second-order valence-corrected chi connectivity index (χ2v) is 7.03. The van der Waals surface area contributed by atoms with Gasteiger partial charge in [0.15, 0.2) is 5.78 Å². The zero-order valence-electron chi connectivity index (χ0n) is 14.6. The van der Waals surface area contributed by atoms with Gasteiger partial charge in [0.05, 0.1) is 16.7 Å². The van der Waals surface area contributed by atoms with Crippen molar-refractivity contribution in [1.82, 2.24) is 4.98 Å². The van der Waals surface area contributed by atoms with Crippen molar-refractivity contribution >= 4 is 56.4 Å². The van der Waals surface area contributed by atoms with Crippen molar-refractivity contribution in [3.63, 3.8) is 0 Å². The van der Waals surface area contributed by atoms with E-state index in [1.54, 1.807) is 24.3 Å². The van der Waals surface area contributed by atoms with Gasteiger partial charge in [0.25, 0.3) is 0 Å². The number of Topliss-reactive ketones (excluding diaryl/α,β-unsaturated/α-hetero) is 2. The number of benzene rings is 3. The summed E-state index contributed by atoms with van der Waals surface area (Å²) >= 11 is 6.39. The molecule has 4 aromatic rings. The number of ketones is 2. The Labute approximate surface area is 165 Å². The van der Waals surface area contributed by atoms with Gasteiger partial charge in [0, 0.05) is 21.9 Å². The van der Waals surface area contributed by atoms with E-state index in [2.05, 4.69) is 9.98 Å². The molecular weight excluding hydrogens is 372 g/mol. The van der Waals surface area contributed by atoms with Crippen molar-refractivity contribution in [2.45, 2.75) is 5.38 Å². The third-order valence-electron chi connectivity index (χ3n) is 4.93. The zero-order valence-corrected chi connectivity index (χ0v) is 15.4. The molecule has 1 heterocycles. The Balaban J connectivity index is 1.82. The quantitative estimate of drug-likeness (QED) is 0.337. The maximum atomic E-state index is 13.1. The summed E-state index contributed by atoms with van der Waals surface area (Å²) in [4.78, 5) is 35.1. The predicted octanol–water partition coefficient (Wildman–Crippen LogP) is 5.15. The van der Waals surface area contributed by atoms with Crippen LogP contribution in [0.2, 0.25) is 0 Å². The average molecular weight is 385 g/mol. The number of rotatable bonds is 1. The molecule has 0 spiro atoms. The van der Waals surface area contributed by atoms with Crippen LogP contribution >= 0.6 is 11.6 Å². The lowest BCUT2D eigenvalue weighted by Gasteiger charge is -2.20. The summed E-state index contributed by atoms with van der Waals surface area (Å²) in [5.74, 6) is -0.626. The number of halogens is 1. The van der Waals surface area contributed by atoms with Crippen LogP contribution < -0.4 is 0 Å². The highest BCUT2D eigenvalue weighted by Gasteiger charge is 2.37. The van der Waals surface area contributed by atoms with Crippen LogP contribution in [0.1, 0.15) is 20.7 Å². The summed E-state index contributed by atoms with van der Waals surface area (Å²) in [5.41, 5.74) is 2.86. The molecule has 1 unspecified atom stereocenters. The highest BCUT2D eigenvalue weighted by atomic mass is 35.5. The van der Waals surface area contributed by atoms with E-state index in [9.17, 15) is 9.59 Å². The number of nitrogens with zero attached hydrogens (tertiary/aromatic N) is 2.